The Labute approximate surface area is 136 Å². The molecule has 1 heterocycles. The predicted octanol–water partition coefficient (Wildman–Crippen LogP) is 2.53. The van der Waals surface area contributed by atoms with Crippen LogP contribution in [0.4, 0.5) is 0 Å². The van der Waals surface area contributed by atoms with Crippen LogP contribution in [0.5, 0.6) is 0 Å². The molecule has 3 N–H and O–H groups in total. The van der Waals surface area contributed by atoms with Crippen LogP contribution >= 0.6 is 0 Å². The van der Waals surface area contributed by atoms with E-state index in [9.17, 15) is 9.90 Å². The molecule has 5 heteroatoms. The van der Waals surface area contributed by atoms with Crippen molar-refractivity contribution in [3.63, 3.8) is 0 Å². The maximum atomic E-state index is 12.1. The molecular weight excluding hydrogens is 290 g/mol. The van der Waals surface area contributed by atoms with E-state index >= 15 is 0 Å². The Hall–Kier alpha value is -1.88. The van der Waals surface area contributed by atoms with Crippen molar-refractivity contribution in [3.8, 4) is 0 Å². The number of aliphatic hydroxyl groups is 1. The summed E-state index contributed by atoms with van der Waals surface area (Å²) < 4.78 is 0. The van der Waals surface area contributed by atoms with Crippen LogP contribution in [-0.4, -0.2) is 33.1 Å². The molecule has 124 valence electrons. The minimum atomic E-state index is -0.189. The molecule has 1 fully saturated rings. The van der Waals surface area contributed by atoms with E-state index in [4.69, 9.17) is 0 Å². The molecule has 0 atom stereocenters. The van der Waals surface area contributed by atoms with E-state index in [2.05, 4.69) is 35.2 Å². The Balaban J connectivity index is 1.56. The highest BCUT2D eigenvalue weighted by atomic mass is 16.3. The van der Waals surface area contributed by atoms with Crippen LogP contribution in [-0.2, 0) is 11.2 Å². The minimum absolute atomic E-state index is 0.0692. The fraction of sp³-hybridized carbons (Fsp3) is 0.556. The minimum Gasteiger partial charge on any atom is -0.393 e. The number of hydrogen-bond acceptors (Lipinski definition) is 3. The molecule has 0 unspecified atom stereocenters. The summed E-state index contributed by atoms with van der Waals surface area (Å²) in [6, 6.07) is 4.34. The van der Waals surface area contributed by atoms with Gasteiger partial charge in [-0.25, -0.2) is 4.98 Å². The molecule has 0 bridgehead atoms. The van der Waals surface area contributed by atoms with Crippen LogP contribution in [0.1, 0.15) is 49.1 Å². The normalized spacial score (nSPS) is 21.5. The molecule has 1 saturated carbocycles. The van der Waals surface area contributed by atoms with Crippen LogP contribution in [0.15, 0.2) is 12.1 Å². The predicted molar refractivity (Wildman–Crippen MR) is 90.3 cm³/mol. The average Bonchev–Trinajstić information content (AvgIpc) is 2.95. The number of aromatic amines is 1. The standard InChI is InChI=1S/C18H25N3O2/c1-11-3-8-15-18(12(11)2)21-16(20-15)9-10-17(23)19-13-4-6-14(22)7-5-13/h3,8,13-14,22H,4-7,9-10H2,1-2H3,(H,19,23)(H,20,21). The summed E-state index contributed by atoms with van der Waals surface area (Å²) in [5.74, 6) is 0.933. The van der Waals surface area contributed by atoms with Crippen molar-refractivity contribution in [2.75, 3.05) is 0 Å². The van der Waals surface area contributed by atoms with Gasteiger partial charge in [-0.15, -0.1) is 0 Å². The summed E-state index contributed by atoms with van der Waals surface area (Å²) in [6.07, 6.45) is 4.18. The van der Waals surface area contributed by atoms with Crippen molar-refractivity contribution >= 4 is 16.9 Å². The zero-order valence-electron chi connectivity index (χ0n) is 13.9. The van der Waals surface area contributed by atoms with E-state index in [-0.39, 0.29) is 18.1 Å². The zero-order chi connectivity index (χ0) is 16.4. The number of amides is 1. The molecule has 3 rings (SSSR count). The quantitative estimate of drug-likeness (QED) is 0.811. The summed E-state index contributed by atoms with van der Waals surface area (Å²) in [5, 5.41) is 12.6. The van der Waals surface area contributed by atoms with Crippen LogP contribution in [0, 0.1) is 13.8 Å². The number of fused-ring (bicyclic) bond motifs is 1. The highest BCUT2D eigenvalue weighted by molar-refractivity contribution is 5.80. The second-order valence-corrected chi connectivity index (χ2v) is 6.66. The maximum absolute atomic E-state index is 12.1. The van der Waals surface area contributed by atoms with Gasteiger partial charge in [0.05, 0.1) is 17.1 Å². The number of nitrogens with one attached hydrogen (secondary N) is 2. The highest BCUT2D eigenvalue weighted by Gasteiger charge is 2.20. The topological polar surface area (TPSA) is 78.0 Å². The zero-order valence-corrected chi connectivity index (χ0v) is 13.9. The number of carbonyl (C=O) groups is 1. The van der Waals surface area contributed by atoms with E-state index in [1.165, 1.54) is 11.1 Å². The van der Waals surface area contributed by atoms with Crippen LogP contribution in [0.2, 0.25) is 0 Å². The number of hydrogen-bond donors (Lipinski definition) is 3. The molecule has 1 aromatic heterocycles. The molecular formula is C18H25N3O2. The first-order chi connectivity index (χ1) is 11.0. The Kier molecular flexibility index (Phi) is 4.66. The number of aromatic nitrogens is 2. The van der Waals surface area contributed by atoms with Gasteiger partial charge in [-0.2, -0.15) is 0 Å². The van der Waals surface area contributed by atoms with Gasteiger partial charge in [-0.05, 0) is 56.7 Å². The SMILES string of the molecule is Cc1ccc2[nH]c(CCC(=O)NC3CCC(O)CC3)nc2c1C. The first kappa shape index (κ1) is 16.0. The third kappa shape index (κ3) is 3.72. The summed E-state index contributed by atoms with van der Waals surface area (Å²) in [6.45, 7) is 4.16. The van der Waals surface area contributed by atoms with Crippen molar-refractivity contribution in [1.29, 1.82) is 0 Å². The number of imidazole rings is 1. The lowest BCUT2D eigenvalue weighted by atomic mass is 9.93. The summed E-state index contributed by atoms with van der Waals surface area (Å²) in [4.78, 5) is 20.0. The fourth-order valence-electron chi connectivity index (χ4n) is 3.23. The summed E-state index contributed by atoms with van der Waals surface area (Å²) in [7, 11) is 0. The molecule has 23 heavy (non-hydrogen) atoms. The van der Waals surface area contributed by atoms with Gasteiger partial charge in [-0.3, -0.25) is 4.79 Å². The monoisotopic (exact) mass is 315 g/mol. The molecule has 1 amide bonds. The van der Waals surface area contributed by atoms with E-state index < -0.39 is 0 Å². The van der Waals surface area contributed by atoms with Crippen LogP contribution in [0.3, 0.4) is 0 Å². The number of benzene rings is 1. The average molecular weight is 315 g/mol. The largest absolute Gasteiger partial charge is 0.393 e. The number of carbonyl (C=O) groups excluding carboxylic acids is 1. The third-order valence-corrected chi connectivity index (χ3v) is 4.88. The van der Waals surface area contributed by atoms with Gasteiger partial charge in [0.1, 0.15) is 5.82 Å². The van der Waals surface area contributed by atoms with E-state index in [0.717, 1.165) is 42.5 Å². The molecule has 0 aliphatic heterocycles. The van der Waals surface area contributed by atoms with Crippen molar-refractivity contribution in [3.05, 3.63) is 29.1 Å². The van der Waals surface area contributed by atoms with Gasteiger partial charge in [0.15, 0.2) is 0 Å². The Morgan fingerprint density at radius 3 is 2.78 bits per heavy atom. The van der Waals surface area contributed by atoms with Gasteiger partial charge >= 0.3 is 0 Å². The second kappa shape index (κ2) is 6.71. The highest BCUT2D eigenvalue weighted by Crippen LogP contribution is 2.20. The molecule has 2 aromatic rings. The Bertz CT molecular complexity index is 700. The van der Waals surface area contributed by atoms with Crippen LogP contribution in [0.25, 0.3) is 11.0 Å². The van der Waals surface area contributed by atoms with Gasteiger partial charge in [0.25, 0.3) is 0 Å². The van der Waals surface area contributed by atoms with Gasteiger partial charge in [0.2, 0.25) is 5.91 Å². The maximum Gasteiger partial charge on any atom is 0.220 e. The second-order valence-electron chi connectivity index (χ2n) is 6.66. The number of aliphatic hydroxyl groups excluding tert-OH is 1. The van der Waals surface area contributed by atoms with E-state index in [1.807, 2.05) is 6.07 Å². The summed E-state index contributed by atoms with van der Waals surface area (Å²) >= 11 is 0. The van der Waals surface area contributed by atoms with E-state index in [0.29, 0.717) is 12.8 Å². The molecule has 0 spiro atoms. The number of nitrogens with zero attached hydrogens (tertiary/aromatic N) is 1. The van der Waals surface area contributed by atoms with Crippen molar-refractivity contribution in [2.45, 2.75) is 64.5 Å². The smallest absolute Gasteiger partial charge is 0.220 e. The molecule has 0 radical (unpaired) electrons. The van der Waals surface area contributed by atoms with Crippen molar-refractivity contribution in [2.24, 2.45) is 0 Å². The molecule has 0 saturated heterocycles. The molecule has 5 nitrogen and oxygen atoms in total. The first-order valence-electron chi connectivity index (χ1n) is 8.45. The lowest BCUT2D eigenvalue weighted by Crippen LogP contribution is -2.38. The van der Waals surface area contributed by atoms with Crippen molar-refractivity contribution in [1.82, 2.24) is 15.3 Å². The van der Waals surface area contributed by atoms with Gasteiger partial charge in [-0.1, -0.05) is 6.07 Å². The molecule has 1 aliphatic rings. The number of rotatable bonds is 4. The summed E-state index contributed by atoms with van der Waals surface area (Å²) in [5.41, 5.74) is 4.45. The third-order valence-electron chi connectivity index (χ3n) is 4.88. The fourth-order valence-corrected chi connectivity index (χ4v) is 3.23. The van der Waals surface area contributed by atoms with Gasteiger partial charge in [0, 0.05) is 18.9 Å². The molecule has 1 aliphatic carbocycles. The molecule has 1 aromatic carbocycles. The Morgan fingerprint density at radius 1 is 1.30 bits per heavy atom. The number of aryl methyl sites for hydroxylation is 3. The van der Waals surface area contributed by atoms with Crippen molar-refractivity contribution < 1.29 is 9.90 Å². The number of H-pyrrole nitrogens is 1. The van der Waals surface area contributed by atoms with Crippen LogP contribution < -0.4 is 5.32 Å². The Morgan fingerprint density at radius 2 is 2.04 bits per heavy atom. The van der Waals surface area contributed by atoms with E-state index in [1.54, 1.807) is 0 Å². The lowest BCUT2D eigenvalue weighted by Gasteiger charge is -2.26. The first-order valence-corrected chi connectivity index (χ1v) is 8.45. The lowest BCUT2D eigenvalue weighted by molar-refractivity contribution is -0.122. The van der Waals surface area contributed by atoms with Gasteiger partial charge < -0.3 is 15.4 Å².